The summed E-state index contributed by atoms with van der Waals surface area (Å²) in [5, 5.41) is 6.01. The summed E-state index contributed by atoms with van der Waals surface area (Å²) >= 11 is 3.05. The minimum atomic E-state index is -0.419. The van der Waals surface area contributed by atoms with Gasteiger partial charge in [-0.15, -0.1) is 0 Å². The van der Waals surface area contributed by atoms with Crippen LogP contribution in [0.1, 0.15) is 16.8 Å². The molecule has 1 heterocycles. The van der Waals surface area contributed by atoms with Gasteiger partial charge >= 0.3 is 0 Å². The Hall–Kier alpha value is -0.940. The summed E-state index contributed by atoms with van der Waals surface area (Å²) in [6, 6.07) is 4.53. The molecule has 1 saturated heterocycles. The number of carbonyl (C=O) groups is 1. The topological polar surface area (TPSA) is 41.1 Å². The highest BCUT2D eigenvalue weighted by molar-refractivity contribution is 9.10. The van der Waals surface area contributed by atoms with Crippen molar-refractivity contribution in [2.45, 2.75) is 12.5 Å². The van der Waals surface area contributed by atoms with Crippen LogP contribution in [0.4, 0.5) is 4.39 Å². The van der Waals surface area contributed by atoms with E-state index in [4.69, 9.17) is 0 Å². The third kappa shape index (κ3) is 2.59. The first kappa shape index (κ1) is 11.5. The summed E-state index contributed by atoms with van der Waals surface area (Å²) in [5.74, 6) is -0.641. The van der Waals surface area contributed by atoms with Crippen molar-refractivity contribution in [3.63, 3.8) is 0 Å². The van der Waals surface area contributed by atoms with E-state index < -0.39 is 5.82 Å². The van der Waals surface area contributed by atoms with Crippen LogP contribution in [0.5, 0.6) is 0 Å². The Balaban J connectivity index is 2.05. The van der Waals surface area contributed by atoms with Gasteiger partial charge in [0, 0.05) is 18.2 Å². The van der Waals surface area contributed by atoms with Gasteiger partial charge in [-0.05, 0) is 47.1 Å². The van der Waals surface area contributed by atoms with Crippen LogP contribution in [0.25, 0.3) is 0 Å². The molecule has 86 valence electrons. The van der Waals surface area contributed by atoms with Crippen molar-refractivity contribution >= 4 is 21.8 Å². The van der Waals surface area contributed by atoms with Crippen molar-refractivity contribution in [2.75, 3.05) is 13.1 Å². The van der Waals surface area contributed by atoms with Crippen LogP contribution in [0.15, 0.2) is 22.7 Å². The number of benzene rings is 1. The zero-order valence-electron chi connectivity index (χ0n) is 8.59. The third-order valence-corrected chi connectivity index (χ3v) is 3.22. The van der Waals surface area contributed by atoms with E-state index in [1.165, 1.54) is 12.1 Å². The van der Waals surface area contributed by atoms with Gasteiger partial charge in [0.15, 0.2) is 0 Å². The molecule has 1 fully saturated rings. The summed E-state index contributed by atoms with van der Waals surface area (Å²) in [4.78, 5) is 11.7. The maximum Gasteiger partial charge on any atom is 0.251 e. The molecule has 1 amide bonds. The first-order chi connectivity index (χ1) is 7.66. The minimum absolute atomic E-state index is 0.152. The second-order valence-corrected chi connectivity index (χ2v) is 4.65. The molecule has 0 aromatic heterocycles. The Morgan fingerprint density at radius 3 is 3.00 bits per heavy atom. The molecule has 0 aliphatic carbocycles. The highest BCUT2D eigenvalue weighted by atomic mass is 79.9. The van der Waals surface area contributed by atoms with Crippen molar-refractivity contribution in [1.82, 2.24) is 10.6 Å². The van der Waals surface area contributed by atoms with E-state index >= 15 is 0 Å². The summed E-state index contributed by atoms with van der Waals surface area (Å²) in [7, 11) is 0. The van der Waals surface area contributed by atoms with Crippen molar-refractivity contribution in [3.05, 3.63) is 34.1 Å². The van der Waals surface area contributed by atoms with Crippen LogP contribution in [-0.4, -0.2) is 25.0 Å². The van der Waals surface area contributed by atoms with Crippen molar-refractivity contribution in [3.8, 4) is 0 Å². The van der Waals surface area contributed by atoms with E-state index in [1.807, 2.05) is 0 Å². The highest BCUT2D eigenvalue weighted by Crippen LogP contribution is 2.16. The number of hydrogen-bond donors (Lipinski definition) is 2. The molecule has 0 bridgehead atoms. The Bertz CT molecular complexity index is 405. The zero-order chi connectivity index (χ0) is 11.5. The monoisotopic (exact) mass is 286 g/mol. The summed E-state index contributed by atoms with van der Waals surface area (Å²) in [5.41, 5.74) is 0.354. The van der Waals surface area contributed by atoms with Crippen LogP contribution in [0, 0.1) is 5.82 Å². The van der Waals surface area contributed by atoms with Crippen LogP contribution in [0.2, 0.25) is 0 Å². The SMILES string of the molecule is O=C(NC1CCNC1)c1ccc(Br)c(F)c1. The molecule has 3 nitrogen and oxygen atoms in total. The number of nitrogens with one attached hydrogen (secondary N) is 2. The van der Waals surface area contributed by atoms with Gasteiger partial charge < -0.3 is 10.6 Å². The summed E-state index contributed by atoms with van der Waals surface area (Å²) in [6.45, 7) is 1.70. The molecular formula is C11H12BrFN2O. The first-order valence-electron chi connectivity index (χ1n) is 5.13. The Kier molecular flexibility index (Phi) is 3.56. The normalized spacial score (nSPS) is 19.8. The van der Waals surface area contributed by atoms with Crippen LogP contribution < -0.4 is 10.6 Å². The van der Waals surface area contributed by atoms with Crippen LogP contribution in [0.3, 0.4) is 0 Å². The van der Waals surface area contributed by atoms with E-state index in [1.54, 1.807) is 6.07 Å². The quantitative estimate of drug-likeness (QED) is 0.869. The lowest BCUT2D eigenvalue weighted by atomic mass is 10.2. The van der Waals surface area contributed by atoms with E-state index in [0.717, 1.165) is 19.5 Å². The van der Waals surface area contributed by atoms with Gasteiger partial charge in [0.25, 0.3) is 5.91 Å². The second kappa shape index (κ2) is 4.93. The second-order valence-electron chi connectivity index (χ2n) is 3.79. The third-order valence-electron chi connectivity index (χ3n) is 2.58. The number of rotatable bonds is 2. The van der Waals surface area contributed by atoms with Gasteiger partial charge in [-0.2, -0.15) is 0 Å². The molecule has 2 rings (SSSR count). The Morgan fingerprint density at radius 1 is 1.56 bits per heavy atom. The molecule has 1 aliphatic rings. The van der Waals surface area contributed by atoms with E-state index in [-0.39, 0.29) is 11.9 Å². The van der Waals surface area contributed by atoms with Gasteiger partial charge in [0.1, 0.15) is 5.82 Å². The van der Waals surface area contributed by atoms with Gasteiger partial charge in [-0.25, -0.2) is 4.39 Å². The molecule has 1 unspecified atom stereocenters. The molecule has 1 atom stereocenters. The molecule has 1 aromatic rings. The number of hydrogen-bond acceptors (Lipinski definition) is 2. The average molecular weight is 287 g/mol. The average Bonchev–Trinajstić information content (AvgIpc) is 2.74. The molecule has 1 aromatic carbocycles. The number of amides is 1. The van der Waals surface area contributed by atoms with Gasteiger partial charge in [0.2, 0.25) is 0 Å². The van der Waals surface area contributed by atoms with Crippen molar-refractivity contribution in [2.24, 2.45) is 0 Å². The molecule has 0 saturated carbocycles. The fraction of sp³-hybridized carbons (Fsp3) is 0.364. The van der Waals surface area contributed by atoms with Crippen LogP contribution >= 0.6 is 15.9 Å². The maximum absolute atomic E-state index is 13.2. The lowest BCUT2D eigenvalue weighted by Gasteiger charge is -2.11. The van der Waals surface area contributed by atoms with E-state index in [2.05, 4.69) is 26.6 Å². The maximum atomic E-state index is 13.2. The fourth-order valence-corrected chi connectivity index (χ4v) is 1.93. The Morgan fingerprint density at radius 2 is 2.38 bits per heavy atom. The lowest BCUT2D eigenvalue weighted by molar-refractivity contribution is 0.0939. The number of halogens is 2. The standard InChI is InChI=1S/C11H12BrFN2O/c12-9-2-1-7(5-10(9)13)11(16)15-8-3-4-14-6-8/h1-2,5,8,14H,3-4,6H2,(H,15,16). The van der Waals surface area contributed by atoms with E-state index in [0.29, 0.717) is 10.0 Å². The summed E-state index contributed by atoms with van der Waals surface area (Å²) in [6.07, 6.45) is 0.921. The molecular weight excluding hydrogens is 275 g/mol. The Labute approximate surface area is 102 Å². The van der Waals surface area contributed by atoms with Gasteiger partial charge in [-0.3, -0.25) is 4.79 Å². The predicted molar refractivity (Wildman–Crippen MR) is 62.8 cm³/mol. The molecule has 1 aliphatic heterocycles. The predicted octanol–water partition coefficient (Wildman–Crippen LogP) is 1.68. The molecule has 16 heavy (non-hydrogen) atoms. The summed E-state index contributed by atoms with van der Waals surface area (Å²) < 4.78 is 13.6. The van der Waals surface area contributed by atoms with E-state index in [9.17, 15) is 9.18 Å². The van der Waals surface area contributed by atoms with Gasteiger partial charge in [0.05, 0.1) is 4.47 Å². The highest BCUT2D eigenvalue weighted by Gasteiger charge is 2.17. The molecule has 5 heteroatoms. The van der Waals surface area contributed by atoms with Gasteiger partial charge in [-0.1, -0.05) is 0 Å². The fourth-order valence-electron chi connectivity index (χ4n) is 1.68. The first-order valence-corrected chi connectivity index (χ1v) is 5.93. The molecule has 0 spiro atoms. The zero-order valence-corrected chi connectivity index (χ0v) is 10.2. The van der Waals surface area contributed by atoms with Crippen molar-refractivity contribution in [1.29, 1.82) is 0 Å². The smallest absolute Gasteiger partial charge is 0.251 e. The minimum Gasteiger partial charge on any atom is -0.348 e. The molecule has 0 radical (unpaired) electrons. The molecule has 2 N–H and O–H groups in total. The largest absolute Gasteiger partial charge is 0.348 e. The van der Waals surface area contributed by atoms with Crippen molar-refractivity contribution < 1.29 is 9.18 Å². The number of carbonyl (C=O) groups excluding carboxylic acids is 1. The van der Waals surface area contributed by atoms with Crippen LogP contribution in [-0.2, 0) is 0 Å². The lowest BCUT2D eigenvalue weighted by Crippen LogP contribution is -2.36.